The van der Waals surface area contributed by atoms with E-state index < -0.39 is 36.4 Å². The van der Waals surface area contributed by atoms with Gasteiger partial charge >= 0.3 is 5.97 Å². The highest BCUT2D eigenvalue weighted by Crippen LogP contribution is 2.36. The van der Waals surface area contributed by atoms with Gasteiger partial charge in [-0.15, -0.1) is 0 Å². The number of rotatable bonds is 14. The molecule has 5 aromatic rings. The van der Waals surface area contributed by atoms with E-state index in [1.807, 2.05) is 20.8 Å². The maximum absolute atomic E-state index is 14.0. The van der Waals surface area contributed by atoms with Gasteiger partial charge in [0.2, 0.25) is 9.84 Å². The maximum Gasteiger partial charge on any atom is 0.306 e. The van der Waals surface area contributed by atoms with Gasteiger partial charge in [0.25, 0.3) is 0 Å². The number of nitrogens with one attached hydrogen (secondary N) is 1. The van der Waals surface area contributed by atoms with Crippen molar-refractivity contribution >= 4 is 47.5 Å². The molecule has 0 aliphatic carbocycles. The standard InChI is InChI=1S/C35H37N3O9S3/c1-22-6-11-26(12-7-22)49(41,42)19-18-47-31(39)17-10-25-8-13-27(14-9-25)50(43,44)34-30(45-4)16-15-28-32(34)38-35(37-28)48(40)21-29-24(3)33(46-5)23(2)20-36-29/h6-9,11-16,20H,10,17-19,21H2,1-5H3,(H,37,38). The molecule has 0 saturated heterocycles. The predicted molar refractivity (Wildman–Crippen MR) is 187 cm³/mol. The van der Waals surface area contributed by atoms with Gasteiger partial charge in [0, 0.05) is 23.7 Å². The zero-order valence-corrected chi connectivity index (χ0v) is 30.6. The minimum Gasteiger partial charge on any atom is -0.496 e. The fourth-order valence-electron chi connectivity index (χ4n) is 5.35. The van der Waals surface area contributed by atoms with Gasteiger partial charge < -0.3 is 19.2 Å². The minimum absolute atomic E-state index is 0.0264. The Bertz CT molecular complexity index is 2280. The molecule has 264 valence electrons. The van der Waals surface area contributed by atoms with Gasteiger partial charge in [0.05, 0.1) is 57.5 Å². The van der Waals surface area contributed by atoms with Crippen LogP contribution in [0.25, 0.3) is 11.0 Å². The summed E-state index contributed by atoms with van der Waals surface area (Å²) in [4.78, 5) is 24.2. The molecule has 0 spiro atoms. The zero-order valence-electron chi connectivity index (χ0n) is 28.2. The molecule has 0 aliphatic rings. The molecule has 0 fully saturated rings. The van der Waals surface area contributed by atoms with Crippen LogP contribution in [0.1, 0.15) is 34.4 Å². The van der Waals surface area contributed by atoms with Gasteiger partial charge in [0.1, 0.15) is 28.5 Å². The Morgan fingerprint density at radius 3 is 2.22 bits per heavy atom. The number of carbonyl (C=O) groups is 1. The molecule has 0 bridgehead atoms. The molecule has 0 radical (unpaired) electrons. The number of ether oxygens (including phenoxy) is 3. The summed E-state index contributed by atoms with van der Waals surface area (Å²) in [5.74, 6) is -0.155. The first-order valence-electron chi connectivity index (χ1n) is 15.5. The number of methoxy groups -OCH3 is 2. The van der Waals surface area contributed by atoms with Crippen LogP contribution in [0.2, 0.25) is 0 Å². The predicted octanol–water partition coefficient (Wildman–Crippen LogP) is 4.99. The van der Waals surface area contributed by atoms with Crippen LogP contribution in [0.4, 0.5) is 0 Å². The molecule has 5 rings (SSSR count). The largest absolute Gasteiger partial charge is 0.496 e. The lowest BCUT2D eigenvalue weighted by Gasteiger charge is -2.11. The Morgan fingerprint density at radius 1 is 0.880 bits per heavy atom. The Labute approximate surface area is 293 Å². The van der Waals surface area contributed by atoms with Crippen LogP contribution in [-0.2, 0) is 52.2 Å². The molecule has 15 heteroatoms. The third kappa shape index (κ3) is 7.90. The lowest BCUT2D eigenvalue weighted by molar-refractivity contribution is -0.142. The summed E-state index contributed by atoms with van der Waals surface area (Å²) in [7, 11) is -6.56. The summed E-state index contributed by atoms with van der Waals surface area (Å²) in [6, 6.07) is 15.6. The number of esters is 1. The fourth-order valence-corrected chi connectivity index (χ4v) is 9.09. The van der Waals surface area contributed by atoms with E-state index in [-0.39, 0.29) is 62.1 Å². The Morgan fingerprint density at radius 2 is 1.56 bits per heavy atom. The highest BCUT2D eigenvalue weighted by Gasteiger charge is 2.28. The van der Waals surface area contributed by atoms with E-state index in [4.69, 9.17) is 14.2 Å². The Hall–Kier alpha value is -4.60. The molecule has 3 aromatic carbocycles. The van der Waals surface area contributed by atoms with Crippen molar-refractivity contribution in [1.29, 1.82) is 0 Å². The van der Waals surface area contributed by atoms with Crippen molar-refractivity contribution in [1.82, 2.24) is 15.0 Å². The number of fused-ring (bicyclic) bond motifs is 1. The van der Waals surface area contributed by atoms with Crippen molar-refractivity contribution in [2.45, 2.75) is 59.2 Å². The van der Waals surface area contributed by atoms with E-state index >= 15 is 0 Å². The summed E-state index contributed by atoms with van der Waals surface area (Å²) in [6.45, 7) is 5.28. The van der Waals surface area contributed by atoms with E-state index in [9.17, 15) is 25.8 Å². The van der Waals surface area contributed by atoms with Gasteiger partial charge in [-0.1, -0.05) is 29.8 Å². The highest BCUT2D eigenvalue weighted by molar-refractivity contribution is 7.92. The van der Waals surface area contributed by atoms with Crippen molar-refractivity contribution in [3.05, 3.63) is 94.8 Å². The number of carbonyl (C=O) groups excluding carboxylic acids is 1. The summed E-state index contributed by atoms with van der Waals surface area (Å²) >= 11 is 0. The monoisotopic (exact) mass is 739 g/mol. The van der Waals surface area contributed by atoms with Crippen LogP contribution in [0.5, 0.6) is 11.5 Å². The van der Waals surface area contributed by atoms with Crippen LogP contribution < -0.4 is 9.47 Å². The molecule has 1 unspecified atom stereocenters. The molecule has 1 N–H and O–H groups in total. The number of pyridine rings is 1. The van der Waals surface area contributed by atoms with Crippen molar-refractivity contribution in [3.8, 4) is 11.5 Å². The Balaban J connectivity index is 1.28. The van der Waals surface area contributed by atoms with E-state index in [1.54, 1.807) is 43.6 Å². The normalized spacial score (nSPS) is 12.5. The quantitative estimate of drug-likeness (QED) is 0.152. The summed E-state index contributed by atoms with van der Waals surface area (Å²) in [5, 5.41) is 0.0837. The first kappa shape index (κ1) is 36.7. The average molecular weight is 740 g/mol. The van der Waals surface area contributed by atoms with Crippen LogP contribution in [0.15, 0.2) is 86.7 Å². The number of aryl methyl sites for hydroxylation is 3. The number of nitrogens with zero attached hydrogens (tertiary/aromatic N) is 2. The van der Waals surface area contributed by atoms with E-state index in [0.29, 0.717) is 22.5 Å². The van der Waals surface area contributed by atoms with Gasteiger partial charge in [-0.3, -0.25) is 14.0 Å². The maximum atomic E-state index is 14.0. The number of benzene rings is 3. The first-order chi connectivity index (χ1) is 23.7. The van der Waals surface area contributed by atoms with Crippen molar-refractivity contribution in [2.75, 3.05) is 26.6 Å². The second-order valence-electron chi connectivity index (χ2n) is 11.6. The van der Waals surface area contributed by atoms with E-state index in [2.05, 4.69) is 15.0 Å². The van der Waals surface area contributed by atoms with Crippen LogP contribution in [0, 0.1) is 20.8 Å². The number of H-pyrrole nitrogens is 1. The molecular formula is C35H37N3O9S3. The molecule has 50 heavy (non-hydrogen) atoms. The smallest absolute Gasteiger partial charge is 0.306 e. The molecule has 2 aromatic heterocycles. The lowest BCUT2D eigenvalue weighted by atomic mass is 10.1. The molecule has 2 heterocycles. The van der Waals surface area contributed by atoms with Gasteiger partial charge in [-0.25, -0.2) is 21.8 Å². The summed E-state index contributed by atoms with van der Waals surface area (Å²) in [5.41, 5.74) is 4.22. The highest BCUT2D eigenvalue weighted by atomic mass is 32.2. The van der Waals surface area contributed by atoms with Gasteiger partial charge in [0.15, 0.2) is 15.0 Å². The van der Waals surface area contributed by atoms with E-state index in [1.165, 1.54) is 37.4 Å². The summed E-state index contributed by atoms with van der Waals surface area (Å²) in [6.07, 6.45) is 1.87. The molecule has 0 amide bonds. The van der Waals surface area contributed by atoms with Crippen LogP contribution in [0.3, 0.4) is 0 Å². The van der Waals surface area contributed by atoms with Crippen molar-refractivity contribution in [3.63, 3.8) is 0 Å². The first-order valence-corrected chi connectivity index (χ1v) is 19.9. The third-order valence-corrected chi connectivity index (χ3v) is 12.8. The average Bonchev–Trinajstić information content (AvgIpc) is 3.53. The number of imidazole rings is 1. The van der Waals surface area contributed by atoms with Gasteiger partial charge in [-0.2, -0.15) is 0 Å². The summed E-state index contributed by atoms with van der Waals surface area (Å²) < 4.78 is 82.4. The van der Waals surface area contributed by atoms with Crippen molar-refractivity contribution in [2.24, 2.45) is 0 Å². The number of hydrogen-bond donors (Lipinski definition) is 1. The minimum atomic E-state index is -4.18. The Kier molecular flexibility index (Phi) is 11.1. The zero-order chi connectivity index (χ0) is 36.2. The van der Waals surface area contributed by atoms with Crippen LogP contribution in [-0.4, -0.2) is 68.5 Å². The van der Waals surface area contributed by atoms with E-state index in [0.717, 1.165) is 16.7 Å². The molecule has 0 saturated carbocycles. The second kappa shape index (κ2) is 15.1. The SMILES string of the molecule is COc1ccc2[nH]c(S(=O)Cc3ncc(C)c(OC)c3C)nc2c1S(=O)(=O)c1ccc(CCC(=O)OCCS(=O)(=O)c2ccc(C)cc2)cc1. The topological polar surface area (TPSA) is 172 Å². The number of aromatic amines is 1. The van der Waals surface area contributed by atoms with Gasteiger partial charge in [-0.05, 0) is 69.2 Å². The van der Waals surface area contributed by atoms with Crippen LogP contribution >= 0.6 is 0 Å². The van der Waals surface area contributed by atoms with Crippen molar-refractivity contribution < 1.29 is 40.0 Å². The molecule has 1 atom stereocenters. The molecule has 12 nitrogen and oxygen atoms in total. The third-order valence-electron chi connectivity index (χ3n) is 8.12. The molecule has 0 aliphatic heterocycles. The second-order valence-corrected chi connectivity index (χ2v) is 16.9. The lowest BCUT2D eigenvalue weighted by Crippen LogP contribution is -2.16. The number of hydrogen-bond acceptors (Lipinski definition) is 11. The fraction of sp³-hybridized carbons (Fsp3) is 0.286. The number of sulfone groups is 2. The number of aromatic nitrogens is 3. The molecular weight excluding hydrogens is 703 g/mol.